The SMILES string of the molecule is COCC1CCN(C(=O)c2cccc(OC)c2O)CC1. The normalized spacial score (nSPS) is 16.2. The van der Waals surface area contributed by atoms with Crippen molar-refractivity contribution in [3.63, 3.8) is 0 Å². The number of aromatic hydroxyl groups is 1. The molecule has 0 bridgehead atoms. The van der Waals surface area contributed by atoms with Gasteiger partial charge in [-0.3, -0.25) is 4.79 Å². The molecule has 110 valence electrons. The molecule has 1 aromatic carbocycles. The average molecular weight is 279 g/mol. The summed E-state index contributed by atoms with van der Waals surface area (Å²) >= 11 is 0. The number of carbonyl (C=O) groups is 1. The van der Waals surface area contributed by atoms with Crippen molar-refractivity contribution < 1.29 is 19.4 Å². The molecule has 1 aliphatic heterocycles. The molecular formula is C15H21NO4. The third kappa shape index (κ3) is 3.04. The van der Waals surface area contributed by atoms with E-state index in [1.165, 1.54) is 7.11 Å². The first kappa shape index (κ1) is 14.7. The van der Waals surface area contributed by atoms with E-state index in [1.807, 2.05) is 0 Å². The predicted octanol–water partition coefficient (Wildman–Crippen LogP) is 1.90. The summed E-state index contributed by atoms with van der Waals surface area (Å²) in [5.74, 6) is 0.615. The Morgan fingerprint density at radius 3 is 2.65 bits per heavy atom. The summed E-state index contributed by atoms with van der Waals surface area (Å²) in [7, 11) is 3.17. The van der Waals surface area contributed by atoms with Crippen LogP contribution in [0.15, 0.2) is 18.2 Å². The van der Waals surface area contributed by atoms with Gasteiger partial charge in [0.15, 0.2) is 11.5 Å². The first-order valence-corrected chi connectivity index (χ1v) is 6.81. The van der Waals surface area contributed by atoms with Crippen LogP contribution in [-0.2, 0) is 4.74 Å². The summed E-state index contributed by atoms with van der Waals surface area (Å²) in [5, 5.41) is 10.0. The molecule has 1 fully saturated rings. The van der Waals surface area contributed by atoms with E-state index in [0.29, 0.717) is 30.3 Å². The summed E-state index contributed by atoms with van der Waals surface area (Å²) in [5.41, 5.74) is 0.301. The second kappa shape index (κ2) is 6.61. The number of ether oxygens (including phenoxy) is 2. The zero-order valence-electron chi connectivity index (χ0n) is 12.0. The molecule has 1 N–H and O–H groups in total. The van der Waals surface area contributed by atoms with Crippen molar-refractivity contribution in [2.75, 3.05) is 33.9 Å². The minimum atomic E-state index is -0.141. The van der Waals surface area contributed by atoms with Crippen LogP contribution in [0.2, 0.25) is 0 Å². The molecule has 1 heterocycles. The molecule has 1 saturated heterocycles. The van der Waals surface area contributed by atoms with Crippen molar-refractivity contribution in [2.45, 2.75) is 12.8 Å². The molecule has 5 heteroatoms. The van der Waals surface area contributed by atoms with Crippen molar-refractivity contribution in [3.8, 4) is 11.5 Å². The Morgan fingerprint density at radius 1 is 1.35 bits per heavy atom. The number of hydrogen-bond acceptors (Lipinski definition) is 4. The van der Waals surface area contributed by atoms with Crippen molar-refractivity contribution in [1.29, 1.82) is 0 Å². The lowest BCUT2D eigenvalue weighted by Crippen LogP contribution is -2.39. The fourth-order valence-electron chi connectivity index (χ4n) is 2.57. The fourth-order valence-corrected chi connectivity index (χ4v) is 2.57. The summed E-state index contributed by atoms with van der Waals surface area (Å²) in [6, 6.07) is 4.97. The van der Waals surface area contributed by atoms with Crippen molar-refractivity contribution >= 4 is 5.91 Å². The average Bonchev–Trinajstić information content (AvgIpc) is 2.48. The van der Waals surface area contributed by atoms with E-state index in [-0.39, 0.29) is 11.7 Å². The van der Waals surface area contributed by atoms with E-state index in [2.05, 4.69) is 0 Å². The van der Waals surface area contributed by atoms with Gasteiger partial charge in [0.2, 0.25) is 0 Å². The smallest absolute Gasteiger partial charge is 0.257 e. The van der Waals surface area contributed by atoms with E-state index in [4.69, 9.17) is 9.47 Å². The second-order valence-electron chi connectivity index (χ2n) is 5.05. The van der Waals surface area contributed by atoms with Crippen LogP contribution in [0.3, 0.4) is 0 Å². The van der Waals surface area contributed by atoms with Gasteiger partial charge in [-0.1, -0.05) is 6.07 Å². The maximum atomic E-state index is 12.4. The van der Waals surface area contributed by atoms with Crippen LogP contribution in [0.5, 0.6) is 11.5 Å². The van der Waals surface area contributed by atoms with Crippen LogP contribution in [0.4, 0.5) is 0 Å². The molecule has 0 spiro atoms. The summed E-state index contributed by atoms with van der Waals surface area (Å²) in [6.45, 7) is 2.14. The molecule has 0 radical (unpaired) electrons. The predicted molar refractivity (Wildman–Crippen MR) is 75.2 cm³/mol. The molecular weight excluding hydrogens is 258 g/mol. The lowest BCUT2D eigenvalue weighted by atomic mass is 9.97. The molecule has 0 atom stereocenters. The van der Waals surface area contributed by atoms with Gasteiger partial charge in [-0.25, -0.2) is 0 Å². The molecule has 0 unspecified atom stereocenters. The number of methoxy groups -OCH3 is 2. The maximum absolute atomic E-state index is 12.4. The highest BCUT2D eigenvalue weighted by Gasteiger charge is 2.25. The fraction of sp³-hybridized carbons (Fsp3) is 0.533. The Hall–Kier alpha value is -1.75. The van der Waals surface area contributed by atoms with Gasteiger partial charge in [0.1, 0.15) is 0 Å². The number of para-hydroxylation sites is 1. The standard InChI is InChI=1S/C15H21NO4/c1-19-10-11-6-8-16(9-7-11)15(18)12-4-3-5-13(20-2)14(12)17/h3-5,11,17H,6-10H2,1-2H3. The van der Waals surface area contributed by atoms with Crippen LogP contribution in [-0.4, -0.2) is 49.8 Å². The van der Waals surface area contributed by atoms with Gasteiger partial charge in [0.25, 0.3) is 5.91 Å². The van der Waals surface area contributed by atoms with Gasteiger partial charge < -0.3 is 19.5 Å². The Bertz CT molecular complexity index is 467. The van der Waals surface area contributed by atoms with Crippen LogP contribution >= 0.6 is 0 Å². The van der Waals surface area contributed by atoms with Crippen LogP contribution < -0.4 is 4.74 Å². The molecule has 1 amide bonds. The third-order valence-electron chi connectivity index (χ3n) is 3.75. The third-order valence-corrected chi connectivity index (χ3v) is 3.75. The summed E-state index contributed by atoms with van der Waals surface area (Å²) < 4.78 is 10.2. The molecule has 5 nitrogen and oxygen atoms in total. The van der Waals surface area contributed by atoms with Gasteiger partial charge in [-0.15, -0.1) is 0 Å². The summed E-state index contributed by atoms with van der Waals surface area (Å²) in [4.78, 5) is 14.2. The molecule has 0 saturated carbocycles. The minimum Gasteiger partial charge on any atom is -0.504 e. The van der Waals surface area contributed by atoms with Gasteiger partial charge in [0, 0.05) is 26.8 Å². The largest absolute Gasteiger partial charge is 0.504 e. The van der Waals surface area contributed by atoms with E-state index in [1.54, 1.807) is 30.2 Å². The van der Waals surface area contributed by atoms with E-state index < -0.39 is 0 Å². The monoisotopic (exact) mass is 279 g/mol. The topological polar surface area (TPSA) is 59.0 Å². The number of rotatable bonds is 4. The zero-order chi connectivity index (χ0) is 14.5. The van der Waals surface area contributed by atoms with E-state index in [9.17, 15) is 9.90 Å². The number of nitrogens with zero attached hydrogens (tertiary/aromatic N) is 1. The van der Waals surface area contributed by atoms with Crippen molar-refractivity contribution in [1.82, 2.24) is 4.90 Å². The van der Waals surface area contributed by atoms with Crippen LogP contribution in [0.25, 0.3) is 0 Å². The van der Waals surface area contributed by atoms with Gasteiger partial charge in [-0.2, -0.15) is 0 Å². The lowest BCUT2D eigenvalue weighted by molar-refractivity contribution is 0.0610. The van der Waals surface area contributed by atoms with Gasteiger partial charge in [-0.05, 0) is 30.9 Å². The molecule has 0 aliphatic carbocycles. The Balaban J connectivity index is 2.06. The molecule has 1 aromatic rings. The number of phenols is 1. The van der Waals surface area contributed by atoms with Gasteiger partial charge in [0.05, 0.1) is 12.7 Å². The van der Waals surface area contributed by atoms with Crippen molar-refractivity contribution in [3.05, 3.63) is 23.8 Å². The quantitative estimate of drug-likeness (QED) is 0.914. The highest BCUT2D eigenvalue weighted by Crippen LogP contribution is 2.31. The van der Waals surface area contributed by atoms with Crippen LogP contribution in [0.1, 0.15) is 23.2 Å². The molecule has 2 rings (SSSR count). The molecule has 1 aliphatic rings. The van der Waals surface area contributed by atoms with E-state index in [0.717, 1.165) is 19.4 Å². The van der Waals surface area contributed by atoms with Crippen LogP contribution in [0, 0.1) is 5.92 Å². The number of hydrogen-bond donors (Lipinski definition) is 1. The minimum absolute atomic E-state index is 0.0842. The number of phenolic OH excluding ortho intramolecular Hbond substituents is 1. The lowest BCUT2D eigenvalue weighted by Gasteiger charge is -2.31. The first-order chi connectivity index (χ1) is 9.67. The highest BCUT2D eigenvalue weighted by atomic mass is 16.5. The zero-order valence-corrected chi connectivity index (χ0v) is 12.0. The van der Waals surface area contributed by atoms with Gasteiger partial charge >= 0.3 is 0 Å². The first-order valence-electron chi connectivity index (χ1n) is 6.81. The Labute approximate surface area is 119 Å². The highest BCUT2D eigenvalue weighted by molar-refractivity contribution is 5.97. The number of piperidine rings is 1. The number of carbonyl (C=O) groups excluding carboxylic acids is 1. The van der Waals surface area contributed by atoms with Crippen molar-refractivity contribution in [2.24, 2.45) is 5.92 Å². The molecule has 20 heavy (non-hydrogen) atoms. The number of likely N-dealkylation sites (tertiary alicyclic amines) is 1. The number of benzene rings is 1. The Morgan fingerprint density at radius 2 is 2.05 bits per heavy atom. The number of amides is 1. The van der Waals surface area contributed by atoms with E-state index >= 15 is 0 Å². The Kier molecular flexibility index (Phi) is 4.84. The summed E-state index contributed by atoms with van der Waals surface area (Å²) in [6.07, 6.45) is 1.87. The second-order valence-corrected chi connectivity index (χ2v) is 5.05. The molecule has 0 aromatic heterocycles. The maximum Gasteiger partial charge on any atom is 0.257 e.